The third kappa shape index (κ3) is 6.00. The number of phenols is 2. The fraction of sp³-hybridized carbons (Fsp3) is 0. The Morgan fingerprint density at radius 1 is 0.444 bits per heavy atom. The molecule has 0 aromatic heterocycles. The van der Waals surface area contributed by atoms with E-state index in [1.165, 1.54) is 5.56 Å². The minimum atomic E-state index is 0. The molecule has 2 N–H and O–H groups in total. The van der Waals surface area contributed by atoms with Crippen molar-refractivity contribution in [3.05, 3.63) is 109 Å². The van der Waals surface area contributed by atoms with E-state index >= 15 is 0 Å². The van der Waals surface area contributed by atoms with E-state index in [2.05, 4.69) is 0 Å². The molecule has 130 valence electrons. The van der Waals surface area contributed by atoms with Gasteiger partial charge in [0.05, 0.1) is 0 Å². The van der Waals surface area contributed by atoms with Gasteiger partial charge in [-0.1, -0.05) is 91.0 Å². The maximum atomic E-state index is 9.56. The zero-order valence-electron chi connectivity index (χ0n) is 16.3. The van der Waals surface area contributed by atoms with Crippen molar-refractivity contribution in [3.63, 3.8) is 0 Å². The second-order valence-corrected chi connectivity index (χ2v) is 5.80. The smallest absolute Gasteiger partial charge is 1.00 e. The van der Waals surface area contributed by atoms with Gasteiger partial charge in [0.2, 0.25) is 0 Å². The van der Waals surface area contributed by atoms with Gasteiger partial charge in [-0.05, 0) is 34.9 Å². The number of para-hydroxylation sites is 1. The van der Waals surface area contributed by atoms with Gasteiger partial charge in [0, 0.05) is 5.56 Å². The van der Waals surface area contributed by atoms with Crippen molar-refractivity contribution < 1.29 is 41.2 Å². The van der Waals surface area contributed by atoms with Crippen molar-refractivity contribution in [1.29, 1.82) is 0 Å². The summed E-state index contributed by atoms with van der Waals surface area (Å²) in [5, 5.41) is 18.7. The molecule has 0 bridgehead atoms. The molecule has 4 rings (SSSR count). The van der Waals surface area contributed by atoms with Crippen LogP contribution in [0.4, 0.5) is 0 Å². The van der Waals surface area contributed by atoms with E-state index in [1.807, 2.05) is 91.0 Å². The summed E-state index contributed by atoms with van der Waals surface area (Å²) in [5.74, 6) is 0.633. The minimum absolute atomic E-state index is 0. The SMILES string of the molecule is Oc1ccc(-c2ccccc2)cc1.Oc1ccccc1-c1ccccc1.[H-].[Na+]. The van der Waals surface area contributed by atoms with Crippen LogP contribution in [0.25, 0.3) is 22.3 Å². The van der Waals surface area contributed by atoms with E-state index in [9.17, 15) is 5.11 Å². The summed E-state index contributed by atoms with van der Waals surface area (Å²) in [6, 6.07) is 34.5. The van der Waals surface area contributed by atoms with Crippen LogP contribution in [0.1, 0.15) is 1.43 Å². The van der Waals surface area contributed by atoms with Gasteiger partial charge >= 0.3 is 29.6 Å². The van der Waals surface area contributed by atoms with Crippen LogP contribution in [0.2, 0.25) is 0 Å². The van der Waals surface area contributed by atoms with Crippen LogP contribution in [0.15, 0.2) is 109 Å². The summed E-state index contributed by atoms with van der Waals surface area (Å²) in [7, 11) is 0. The summed E-state index contributed by atoms with van der Waals surface area (Å²) in [6.45, 7) is 0. The van der Waals surface area contributed by atoms with Gasteiger partial charge in [-0.25, -0.2) is 0 Å². The normalized spacial score (nSPS) is 9.48. The predicted octanol–water partition coefficient (Wildman–Crippen LogP) is 3.23. The van der Waals surface area contributed by atoms with Gasteiger partial charge in [0.15, 0.2) is 0 Å². The van der Waals surface area contributed by atoms with Crippen LogP contribution in [-0.4, -0.2) is 10.2 Å². The van der Waals surface area contributed by atoms with Gasteiger partial charge in [-0.3, -0.25) is 0 Å². The van der Waals surface area contributed by atoms with Crippen LogP contribution in [-0.2, 0) is 0 Å². The topological polar surface area (TPSA) is 40.5 Å². The molecule has 0 fully saturated rings. The molecule has 0 aliphatic rings. The summed E-state index contributed by atoms with van der Waals surface area (Å²) in [4.78, 5) is 0. The predicted molar refractivity (Wildman–Crippen MR) is 108 cm³/mol. The van der Waals surface area contributed by atoms with Crippen LogP contribution in [0.3, 0.4) is 0 Å². The van der Waals surface area contributed by atoms with E-state index in [0.29, 0.717) is 11.5 Å². The maximum Gasteiger partial charge on any atom is 1.00 e. The standard InChI is InChI=1S/2C12H10O.Na.H/c13-12-9-5-4-8-11(12)10-6-2-1-3-7-10;13-12-8-6-11(7-9-12)10-4-2-1-3-5-10;;/h2*1-9,13H;;/q;;+1;-1. The fourth-order valence-electron chi connectivity index (χ4n) is 2.62. The first kappa shape index (κ1) is 20.8. The zero-order chi connectivity index (χ0) is 18.2. The number of phenolic OH excluding ortho intramolecular Hbond substituents is 2. The first-order chi connectivity index (χ1) is 12.7. The van der Waals surface area contributed by atoms with Crippen molar-refractivity contribution in [2.24, 2.45) is 0 Å². The van der Waals surface area contributed by atoms with E-state index < -0.39 is 0 Å². The summed E-state index contributed by atoms with van der Waals surface area (Å²) >= 11 is 0. The summed E-state index contributed by atoms with van der Waals surface area (Å²) in [6.07, 6.45) is 0. The molecule has 27 heavy (non-hydrogen) atoms. The van der Waals surface area contributed by atoms with E-state index in [-0.39, 0.29) is 31.0 Å². The largest absolute Gasteiger partial charge is 1.00 e. The molecule has 0 unspecified atom stereocenters. The Kier molecular flexibility index (Phi) is 8.15. The first-order valence-electron chi connectivity index (χ1n) is 8.42. The molecule has 0 aliphatic heterocycles. The molecular formula is C24H21NaO2. The van der Waals surface area contributed by atoms with Gasteiger partial charge in [-0.2, -0.15) is 0 Å². The zero-order valence-corrected chi connectivity index (χ0v) is 17.3. The molecule has 0 radical (unpaired) electrons. The van der Waals surface area contributed by atoms with Crippen molar-refractivity contribution in [2.45, 2.75) is 0 Å². The molecular weight excluding hydrogens is 343 g/mol. The van der Waals surface area contributed by atoms with Crippen molar-refractivity contribution in [3.8, 4) is 33.8 Å². The molecule has 0 atom stereocenters. The number of aromatic hydroxyl groups is 2. The van der Waals surface area contributed by atoms with Crippen LogP contribution < -0.4 is 29.6 Å². The summed E-state index contributed by atoms with van der Waals surface area (Å²) in [5.41, 5.74) is 4.21. The molecule has 0 aliphatic carbocycles. The quantitative estimate of drug-likeness (QED) is 0.536. The second-order valence-electron chi connectivity index (χ2n) is 5.80. The van der Waals surface area contributed by atoms with Crippen LogP contribution >= 0.6 is 0 Å². The van der Waals surface area contributed by atoms with Gasteiger partial charge in [0.25, 0.3) is 0 Å². The number of rotatable bonds is 2. The monoisotopic (exact) mass is 364 g/mol. The number of hydrogen-bond acceptors (Lipinski definition) is 2. The molecule has 2 nitrogen and oxygen atoms in total. The molecule has 3 heteroatoms. The summed E-state index contributed by atoms with van der Waals surface area (Å²) < 4.78 is 0. The Labute approximate surface area is 183 Å². The Bertz CT molecular complexity index is 943. The van der Waals surface area contributed by atoms with E-state index in [0.717, 1.165) is 16.7 Å². The third-order valence-corrected chi connectivity index (χ3v) is 3.96. The Morgan fingerprint density at radius 3 is 1.44 bits per heavy atom. The first-order valence-corrected chi connectivity index (χ1v) is 8.42. The molecule has 0 saturated heterocycles. The molecule has 4 aromatic carbocycles. The molecule has 4 aromatic rings. The van der Waals surface area contributed by atoms with E-state index in [4.69, 9.17) is 5.11 Å². The Balaban J connectivity index is 0.000000261. The van der Waals surface area contributed by atoms with Gasteiger partial charge < -0.3 is 11.6 Å². The van der Waals surface area contributed by atoms with Crippen LogP contribution in [0, 0.1) is 0 Å². The molecule has 0 saturated carbocycles. The number of benzene rings is 4. The number of hydrogen-bond donors (Lipinski definition) is 2. The average Bonchev–Trinajstić information content (AvgIpc) is 2.71. The fourth-order valence-corrected chi connectivity index (χ4v) is 2.62. The van der Waals surface area contributed by atoms with Crippen molar-refractivity contribution in [1.82, 2.24) is 0 Å². The van der Waals surface area contributed by atoms with Gasteiger partial charge in [0.1, 0.15) is 11.5 Å². The maximum absolute atomic E-state index is 9.56. The van der Waals surface area contributed by atoms with Crippen molar-refractivity contribution in [2.75, 3.05) is 0 Å². The Hall–Kier alpha value is -2.52. The molecule has 0 heterocycles. The molecule has 0 amide bonds. The third-order valence-electron chi connectivity index (χ3n) is 3.96. The Morgan fingerprint density at radius 2 is 0.889 bits per heavy atom. The van der Waals surface area contributed by atoms with Gasteiger partial charge in [-0.15, -0.1) is 0 Å². The van der Waals surface area contributed by atoms with Crippen molar-refractivity contribution >= 4 is 0 Å². The molecule has 0 spiro atoms. The second kappa shape index (κ2) is 10.6. The average molecular weight is 364 g/mol. The minimum Gasteiger partial charge on any atom is -1.00 e. The van der Waals surface area contributed by atoms with Crippen LogP contribution in [0.5, 0.6) is 11.5 Å². The van der Waals surface area contributed by atoms with E-state index in [1.54, 1.807) is 18.2 Å².